The maximum Gasteiger partial charge on any atom is 0.243 e. The first-order chi connectivity index (χ1) is 11.7. The van der Waals surface area contributed by atoms with E-state index in [0.29, 0.717) is 6.42 Å². The van der Waals surface area contributed by atoms with Gasteiger partial charge in [0.05, 0.1) is 5.92 Å². The number of nitrogens with two attached hydrogens (primary N) is 1. The van der Waals surface area contributed by atoms with Gasteiger partial charge in [-0.15, -0.1) is 12.4 Å². The monoisotopic (exact) mass is 405 g/mol. The zero-order valence-electron chi connectivity index (χ0n) is 14.6. The minimum atomic E-state index is -3.93. The summed E-state index contributed by atoms with van der Waals surface area (Å²) in [5.74, 6) is -1.45. The molecule has 0 heterocycles. The molecule has 26 heavy (non-hydrogen) atoms. The normalized spacial score (nSPS) is 26.0. The van der Waals surface area contributed by atoms with Gasteiger partial charge in [-0.3, -0.25) is 4.79 Å². The van der Waals surface area contributed by atoms with Crippen LogP contribution in [-0.2, 0) is 14.8 Å². The van der Waals surface area contributed by atoms with E-state index in [9.17, 15) is 17.6 Å². The molecule has 6 nitrogen and oxygen atoms in total. The van der Waals surface area contributed by atoms with E-state index in [1.165, 1.54) is 6.07 Å². The maximum absolute atomic E-state index is 14.0. The molecule has 2 aliphatic rings. The van der Waals surface area contributed by atoms with Gasteiger partial charge in [0.1, 0.15) is 10.7 Å². The highest BCUT2D eigenvalue weighted by Gasteiger charge is 2.38. The second-order valence-corrected chi connectivity index (χ2v) is 9.02. The first kappa shape index (κ1) is 21.1. The number of rotatable bonds is 5. The Hall–Kier alpha value is -1.22. The smallest absolute Gasteiger partial charge is 0.243 e. The topological polar surface area (TPSA) is 101 Å². The summed E-state index contributed by atoms with van der Waals surface area (Å²) in [6.45, 7) is 1.86. The zero-order valence-corrected chi connectivity index (χ0v) is 16.3. The Balaban J connectivity index is 0.00000243. The zero-order chi connectivity index (χ0) is 18.2. The Labute approximate surface area is 159 Å². The summed E-state index contributed by atoms with van der Waals surface area (Å²) >= 11 is 0. The molecule has 146 valence electrons. The standard InChI is InChI=1S/C17H24FN3O3S.ClH/c1-17(19)9-3-2-4-13(17)16(22)20-12-7-8-14(18)15(10-12)25(23,24)21-11-5-6-11;/h7-8,10-11,13,21H,2-6,9,19H2,1H3,(H,20,22);1H. The van der Waals surface area contributed by atoms with Crippen molar-refractivity contribution in [3.8, 4) is 0 Å². The lowest BCUT2D eigenvalue weighted by Gasteiger charge is -2.37. The number of hydrogen-bond acceptors (Lipinski definition) is 4. The first-order valence-corrected chi connectivity index (χ1v) is 10.1. The molecule has 1 aromatic rings. The highest BCUT2D eigenvalue weighted by atomic mass is 35.5. The lowest BCUT2D eigenvalue weighted by atomic mass is 9.74. The molecule has 1 amide bonds. The van der Waals surface area contributed by atoms with Gasteiger partial charge in [0.25, 0.3) is 0 Å². The van der Waals surface area contributed by atoms with E-state index < -0.39 is 26.3 Å². The van der Waals surface area contributed by atoms with E-state index in [0.717, 1.165) is 44.2 Å². The summed E-state index contributed by atoms with van der Waals surface area (Å²) in [6.07, 6.45) is 4.89. The van der Waals surface area contributed by atoms with Gasteiger partial charge in [-0.1, -0.05) is 12.8 Å². The number of anilines is 1. The number of halogens is 2. The van der Waals surface area contributed by atoms with Crippen molar-refractivity contribution in [2.75, 3.05) is 5.32 Å². The number of carbonyl (C=O) groups is 1. The third-order valence-corrected chi connectivity index (χ3v) is 6.49. The number of benzene rings is 1. The van der Waals surface area contributed by atoms with E-state index in [4.69, 9.17) is 5.73 Å². The first-order valence-electron chi connectivity index (χ1n) is 8.61. The summed E-state index contributed by atoms with van der Waals surface area (Å²) in [7, 11) is -3.93. The van der Waals surface area contributed by atoms with Crippen LogP contribution in [0.1, 0.15) is 45.4 Å². The molecule has 3 rings (SSSR count). The van der Waals surface area contributed by atoms with Crippen LogP contribution in [0.4, 0.5) is 10.1 Å². The van der Waals surface area contributed by atoms with Crippen LogP contribution < -0.4 is 15.8 Å². The summed E-state index contributed by atoms with van der Waals surface area (Å²) < 4.78 is 41.0. The molecule has 0 aliphatic heterocycles. The molecule has 0 aromatic heterocycles. The molecular weight excluding hydrogens is 381 g/mol. The largest absolute Gasteiger partial charge is 0.326 e. The van der Waals surface area contributed by atoms with Crippen molar-refractivity contribution in [3.05, 3.63) is 24.0 Å². The van der Waals surface area contributed by atoms with Crippen LogP contribution in [0.3, 0.4) is 0 Å². The minimum Gasteiger partial charge on any atom is -0.326 e. The van der Waals surface area contributed by atoms with Gasteiger partial charge in [0.2, 0.25) is 15.9 Å². The fraction of sp³-hybridized carbons (Fsp3) is 0.588. The second-order valence-electron chi connectivity index (χ2n) is 7.33. The minimum absolute atomic E-state index is 0. The highest BCUT2D eigenvalue weighted by molar-refractivity contribution is 7.89. The second kappa shape index (κ2) is 7.80. The number of carbonyl (C=O) groups excluding carboxylic acids is 1. The Kier molecular flexibility index (Phi) is 6.32. The average molecular weight is 406 g/mol. The van der Waals surface area contributed by atoms with Gasteiger partial charge in [0.15, 0.2) is 0 Å². The molecule has 4 N–H and O–H groups in total. The molecule has 1 aromatic carbocycles. The molecule has 2 saturated carbocycles. The Bertz CT molecular complexity index is 781. The number of amides is 1. The lowest BCUT2D eigenvalue weighted by Crippen LogP contribution is -2.51. The molecule has 9 heteroatoms. The predicted molar refractivity (Wildman–Crippen MR) is 100 cm³/mol. The van der Waals surface area contributed by atoms with Crippen LogP contribution in [0, 0.1) is 11.7 Å². The van der Waals surface area contributed by atoms with Crippen molar-refractivity contribution in [1.29, 1.82) is 0 Å². The Morgan fingerprint density at radius 2 is 1.96 bits per heavy atom. The third kappa shape index (κ3) is 4.73. The summed E-state index contributed by atoms with van der Waals surface area (Å²) in [5.41, 5.74) is 5.90. The SMILES string of the molecule is CC1(N)CCCCC1C(=O)Nc1ccc(F)c(S(=O)(=O)NC2CC2)c1.Cl. The van der Waals surface area contributed by atoms with E-state index in [1.807, 2.05) is 6.92 Å². The predicted octanol–water partition coefficient (Wildman–Crippen LogP) is 2.53. The van der Waals surface area contributed by atoms with Crippen molar-refractivity contribution >= 4 is 34.0 Å². The highest BCUT2D eigenvalue weighted by Crippen LogP contribution is 2.33. The lowest BCUT2D eigenvalue weighted by molar-refractivity contribution is -0.122. The van der Waals surface area contributed by atoms with Gasteiger partial charge in [-0.05, 0) is 50.8 Å². The maximum atomic E-state index is 14.0. The third-order valence-electron chi connectivity index (χ3n) is 4.96. The fourth-order valence-corrected chi connectivity index (χ4v) is 4.70. The van der Waals surface area contributed by atoms with Gasteiger partial charge < -0.3 is 11.1 Å². The Morgan fingerprint density at radius 3 is 2.58 bits per heavy atom. The van der Waals surface area contributed by atoms with Gasteiger partial charge in [0, 0.05) is 17.3 Å². The molecule has 2 unspecified atom stereocenters. The van der Waals surface area contributed by atoms with Crippen LogP contribution >= 0.6 is 12.4 Å². The number of nitrogens with one attached hydrogen (secondary N) is 2. The fourth-order valence-electron chi connectivity index (χ4n) is 3.29. The van der Waals surface area contributed by atoms with E-state index >= 15 is 0 Å². The summed E-state index contributed by atoms with van der Waals surface area (Å²) in [5, 5.41) is 2.70. The quantitative estimate of drug-likeness (QED) is 0.700. The molecular formula is C17H25ClFN3O3S. The van der Waals surface area contributed by atoms with Crippen molar-refractivity contribution < 1.29 is 17.6 Å². The van der Waals surface area contributed by atoms with Gasteiger partial charge >= 0.3 is 0 Å². The number of sulfonamides is 1. The van der Waals surface area contributed by atoms with Gasteiger partial charge in [-0.2, -0.15) is 0 Å². The molecule has 2 atom stereocenters. The molecule has 0 radical (unpaired) electrons. The van der Waals surface area contributed by atoms with Gasteiger partial charge in [-0.25, -0.2) is 17.5 Å². The molecule has 0 spiro atoms. The van der Waals surface area contributed by atoms with Crippen LogP contribution in [0.15, 0.2) is 23.1 Å². The van der Waals surface area contributed by atoms with Crippen molar-refractivity contribution in [1.82, 2.24) is 4.72 Å². The molecule has 2 aliphatic carbocycles. The van der Waals surface area contributed by atoms with Crippen LogP contribution in [0.2, 0.25) is 0 Å². The summed E-state index contributed by atoms with van der Waals surface area (Å²) in [6, 6.07) is 3.46. The summed E-state index contributed by atoms with van der Waals surface area (Å²) in [4.78, 5) is 12.1. The van der Waals surface area contributed by atoms with Crippen LogP contribution in [-0.4, -0.2) is 25.9 Å². The Morgan fingerprint density at radius 1 is 1.27 bits per heavy atom. The molecule has 0 bridgehead atoms. The molecule has 0 saturated heterocycles. The number of hydrogen-bond donors (Lipinski definition) is 3. The van der Waals surface area contributed by atoms with Crippen molar-refractivity contribution in [2.24, 2.45) is 11.7 Å². The average Bonchev–Trinajstić information content (AvgIpc) is 3.31. The van der Waals surface area contributed by atoms with Crippen LogP contribution in [0.25, 0.3) is 0 Å². The molecule has 2 fully saturated rings. The van der Waals surface area contributed by atoms with E-state index in [2.05, 4.69) is 10.0 Å². The van der Waals surface area contributed by atoms with Crippen molar-refractivity contribution in [3.63, 3.8) is 0 Å². The van der Waals surface area contributed by atoms with Crippen LogP contribution in [0.5, 0.6) is 0 Å². The van der Waals surface area contributed by atoms with Crippen molar-refractivity contribution in [2.45, 2.75) is 61.9 Å². The van der Waals surface area contributed by atoms with E-state index in [1.54, 1.807) is 0 Å². The van der Waals surface area contributed by atoms with E-state index in [-0.39, 0.29) is 36.0 Å².